The van der Waals surface area contributed by atoms with Gasteiger partial charge in [-0.2, -0.15) is 18.2 Å². The van der Waals surface area contributed by atoms with Gasteiger partial charge >= 0.3 is 12.5 Å². The van der Waals surface area contributed by atoms with Crippen molar-refractivity contribution in [3.8, 4) is 11.4 Å². The minimum absolute atomic E-state index is 0.117. The zero-order valence-corrected chi connectivity index (χ0v) is 16.9. The fourth-order valence-corrected chi connectivity index (χ4v) is 2.91. The standard InChI is InChI=1S/C21H14F6N6O/c22-20(23,24)13-2-1-3-15(12-13)33-11-10-29-19(33)32-17-8-9-28-18(31-17)30-14-4-6-16(7-5-14)34-21(25,26)27/h1-12H,(H2,28,29,30,31,32). The number of aromatic nitrogens is 4. The van der Waals surface area contributed by atoms with Gasteiger partial charge in [0, 0.05) is 30.0 Å². The Kier molecular flexibility index (Phi) is 6.01. The lowest BCUT2D eigenvalue weighted by Crippen LogP contribution is -2.17. The first-order chi connectivity index (χ1) is 16.1. The van der Waals surface area contributed by atoms with Crippen LogP contribution in [-0.2, 0) is 6.18 Å². The average molecular weight is 480 g/mol. The van der Waals surface area contributed by atoms with Gasteiger partial charge in [-0.15, -0.1) is 13.2 Å². The molecule has 0 atom stereocenters. The Hall–Kier alpha value is -4.29. The summed E-state index contributed by atoms with van der Waals surface area (Å²) < 4.78 is 81.2. The van der Waals surface area contributed by atoms with Crippen LogP contribution in [0.4, 0.5) is 49.7 Å². The van der Waals surface area contributed by atoms with Crippen molar-refractivity contribution in [2.45, 2.75) is 12.5 Å². The van der Waals surface area contributed by atoms with Crippen LogP contribution in [0.15, 0.2) is 73.2 Å². The van der Waals surface area contributed by atoms with Crippen molar-refractivity contribution in [3.63, 3.8) is 0 Å². The Balaban J connectivity index is 1.50. The van der Waals surface area contributed by atoms with Gasteiger partial charge in [0.25, 0.3) is 0 Å². The summed E-state index contributed by atoms with van der Waals surface area (Å²) in [7, 11) is 0. The maximum absolute atomic E-state index is 13.1. The van der Waals surface area contributed by atoms with E-state index in [2.05, 4.69) is 30.3 Å². The molecule has 4 aromatic rings. The number of nitrogens with zero attached hydrogens (tertiary/aromatic N) is 4. The maximum Gasteiger partial charge on any atom is 0.573 e. The molecule has 0 bridgehead atoms. The van der Waals surface area contributed by atoms with E-state index in [1.165, 1.54) is 53.5 Å². The monoisotopic (exact) mass is 480 g/mol. The first kappa shape index (κ1) is 22.9. The Morgan fingerprint density at radius 2 is 1.59 bits per heavy atom. The number of halogens is 6. The van der Waals surface area contributed by atoms with E-state index in [0.29, 0.717) is 5.69 Å². The molecular formula is C21H14F6N6O. The third-order valence-electron chi connectivity index (χ3n) is 4.33. The summed E-state index contributed by atoms with van der Waals surface area (Å²) in [6.07, 6.45) is -4.97. The number of benzene rings is 2. The molecule has 176 valence electrons. The Morgan fingerprint density at radius 1 is 0.824 bits per heavy atom. The first-order valence-electron chi connectivity index (χ1n) is 9.51. The van der Waals surface area contributed by atoms with Gasteiger partial charge in [0.1, 0.15) is 11.6 Å². The summed E-state index contributed by atoms with van der Waals surface area (Å²) in [5, 5.41) is 5.74. The molecular weight excluding hydrogens is 466 g/mol. The topological polar surface area (TPSA) is 76.9 Å². The van der Waals surface area contributed by atoms with Gasteiger partial charge < -0.3 is 15.4 Å². The van der Waals surface area contributed by atoms with Crippen LogP contribution >= 0.6 is 0 Å². The van der Waals surface area contributed by atoms with Crippen LogP contribution in [0, 0.1) is 0 Å². The average Bonchev–Trinajstić information content (AvgIpc) is 3.22. The third-order valence-corrected chi connectivity index (χ3v) is 4.33. The number of hydrogen-bond donors (Lipinski definition) is 2. The molecule has 2 N–H and O–H groups in total. The number of ether oxygens (including phenoxy) is 1. The number of anilines is 4. The van der Waals surface area contributed by atoms with Gasteiger partial charge in [-0.1, -0.05) is 6.07 Å². The minimum Gasteiger partial charge on any atom is -0.406 e. The third kappa shape index (κ3) is 5.74. The van der Waals surface area contributed by atoms with Crippen LogP contribution in [0.5, 0.6) is 5.75 Å². The zero-order chi connectivity index (χ0) is 24.3. The van der Waals surface area contributed by atoms with E-state index in [1.807, 2.05) is 0 Å². The maximum atomic E-state index is 13.1. The molecule has 0 unspecified atom stereocenters. The van der Waals surface area contributed by atoms with E-state index < -0.39 is 18.1 Å². The van der Waals surface area contributed by atoms with Crippen molar-refractivity contribution in [3.05, 3.63) is 78.8 Å². The van der Waals surface area contributed by atoms with Gasteiger partial charge in [-0.25, -0.2) is 9.97 Å². The van der Waals surface area contributed by atoms with Crippen molar-refractivity contribution in [2.24, 2.45) is 0 Å². The minimum atomic E-state index is -4.79. The van der Waals surface area contributed by atoms with E-state index in [1.54, 1.807) is 0 Å². The Bertz CT molecular complexity index is 1270. The van der Waals surface area contributed by atoms with Gasteiger partial charge in [0.05, 0.1) is 5.56 Å². The quantitative estimate of drug-likeness (QED) is 0.327. The second kappa shape index (κ2) is 8.92. The van der Waals surface area contributed by atoms with Crippen LogP contribution in [0.3, 0.4) is 0 Å². The van der Waals surface area contributed by atoms with E-state index in [4.69, 9.17) is 0 Å². The molecule has 13 heteroatoms. The SMILES string of the molecule is FC(F)(F)Oc1ccc(Nc2nccc(Nc3nccn3-c3cccc(C(F)(F)F)c3)n2)cc1. The molecule has 7 nitrogen and oxygen atoms in total. The van der Waals surface area contributed by atoms with Gasteiger partial charge in [0.2, 0.25) is 11.9 Å². The van der Waals surface area contributed by atoms with Crippen LogP contribution in [-0.4, -0.2) is 25.9 Å². The number of alkyl halides is 6. The van der Waals surface area contributed by atoms with Gasteiger partial charge in [0.15, 0.2) is 0 Å². The van der Waals surface area contributed by atoms with Gasteiger partial charge in [-0.3, -0.25) is 4.57 Å². The van der Waals surface area contributed by atoms with Gasteiger partial charge in [-0.05, 0) is 48.5 Å². The lowest BCUT2D eigenvalue weighted by molar-refractivity contribution is -0.274. The van der Waals surface area contributed by atoms with E-state index in [9.17, 15) is 26.3 Å². The highest BCUT2D eigenvalue weighted by Gasteiger charge is 2.31. The van der Waals surface area contributed by atoms with Crippen molar-refractivity contribution < 1.29 is 31.1 Å². The van der Waals surface area contributed by atoms with Crippen molar-refractivity contribution in [1.29, 1.82) is 0 Å². The molecule has 0 amide bonds. The van der Waals surface area contributed by atoms with Crippen molar-refractivity contribution >= 4 is 23.4 Å². The van der Waals surface area contributed by atoms with E-state index in [-0.39, 0.29) is 29.2 Å². The summed E-state index contributed by atoms with van der Waals surface area (Å²) in [5.41, 5.74) is -0.162. The predicted molar refractivity (Wildman–Crippen MR) is 110 cm³/mol. The molecule has 0 aliphatic heterocycles. The second-order valence-electron chi connectivity index (χ2n) is 6.76. The smallest absolute Gasteiger partial charge is 0.406 e. The van der Waals surface area contributed by atoms with Crippen LogP contribution in [0.2, 0.25) is 0 Å². The molecule has 0 aliphatic carbocycles. The van der Waals surface area contributed by atoms with Crippen LogP contribution in [0.1, 0.15) is 5.56 Å². The molecule has 0 saturated carbocycles. The number of nitrogens with one attached hydrogen (secondary N) is 2. The summed E-state index contributed by atoms with van der Waals surface area (Å²) in [6.45, 7) is 0. The lowest BCUT2D eigenvalue weighted by atomic mass is 10.2. The summed E-state index contributed by atoms with van der Waals surface area (Å²) in [5.74, 6) is 0.217. The Labute approximate surface area is 188 Å². The molecule has 4 rings (SSSR count). The number of imidazole rings is 1. The highest BCUT2D eigenvalue weighted by Crippen LogP contribution is 2.31. The molecule has 2 heterocycles. The number of hydrogen-bond acceptors (Lipinski definition) is 6. The molecule has 0 fully saturated rings. The van der Waals surface area contributed by atoms with Crippen molar-refractivity contribution in [1.82, 2.24) is 19.5 Å². The Morgan fingerprint density at radius 3 is 2.29 bits per heavy atom. The zero-order valence-electron chi connectivity index (χ0n) is 16.9. The fraction of sp³-hybridized carbons (Fsp3) is 0.0952. The summed E-state index contributed by atoms with van der Waals surface area (Å²) >= 11 is 0. The first-order valence-corrected chi connectivity index (χ1v) is 9.51. The summed E-state index contributed by atoms with van der Waals surface area (Å²) in [6, 6.07) is 11.2. The summed E-state index contributed by atoms with van der Waals surface area (Å²) in [4.78, 5) is 12.4. The predicted octanol–water partition coefficient (Wildman–Crippen LogP) is 6.07. The van der Waals surface area contributed by atoms with Crippen molar-refractivity contribution in [2.75, 3.05) is 10.6 Å². The molecule has 0 radical (unpaired) electrons. The highest BCUT2D eigenvalue weighted by molar-refractivity contribution is 5.58. The molecule has 2 aromatic heterocycles. The van der Waals surface area contributed by atoms with E-state index in [0.717, 1.165) is 24.3 Å². The normalized spacial score (nSPS) is 11.8. The van der Waals surface area contributed by atoms with Crippen LogP contribution < -0.4 is 15.4 Å². The van der Waals surface area contributed by atoms with Crippen LogP contribution in [0.25, 0.3) is 5.69 Å². The largest absolute Gasteiger partial charge is 0.573 e. The lowest BCUT2D eigenvalue weighted by Gasteiger charge is -2.13. The second-order valence-corrected chi connectivity index (χ2v) is 6.76. The molecule has 0 aliphatic rings. The molecule has 0 saturated heterocycles. The molecule has 0 spiro atoms. The highest BCUT2D eigenvalue weighted by atomic mass is 19.4. The fourth-order valence-electron chi connectivity index (χ4n) is 2.91. The molecule has 2 aromatic carbocycles. The molecule has 34 heavy (non-hydrogen) atoms. The number of rotatable bonds is 6. The van der Waals surface area contributed by atoms with E-state index >= 15 is 0 Å².